The van der Waals surface area contributed by atoms with Crippen LogP contribution in [-0.2, 0) is 4.74 Å². The van der Waals surface area contributed by atoms with E-state index in [1.807, 2.05) is 36.2 Å². The second-order valence-corrected chi connectivity index (χ2v) is 7.08. The van der Waals surface area contributed by atoms with Crippen LogP contribution in [0.3, 0.4) is 0 Å². The Morgan fingerprint density at radius 1 is 1.16 bits per heavy atom. The van der Waals surface area contributed by atoms with Crippen LogP contribution < -0.4 is 10.1 Å². The SMILES string of the molecule is CNCCC1CCN(C(=O)c2ccc(OC3CCOCC3)cc2)CC1. The summed E-state index contributed by atoms with van der Waals surface area (Å²) in [6.07, 6.45) is 5.52. The summed E-state index contributed by atoms with van der Waals surface area (Å²) in [5, 5.41) is 3.21. The molecule has 0 bridgehead atoms. The second kappa shape index (κ2) is 9.20. The molecule has 0 radical (unpaired) electrons. The molecule has 1 N–H and O–H groups in total. The number of carbonyl (C=O) groups excluding carboxylic acids is 1. The first kappa shape index (κ1) is 18.2. The predicted molar refractivity (Wildman–Crippen MR) is 98.1 cm³/mol. The van der Waals surface area contributed by atoms with Crippen molar-refractivity contribution in [1.29, 1.82) is 0 Å². The van der Waals surface area contributed by atoms with Crippen LogP contribution >= 0.6 is 0 Å². The molecule has 1 amide bonds. The Bertz CT molecular complexity index is 532. The quantitative estimate of drug-likeness (QED) is 0.860. The summed E-state index contributed by atoms with van der Waals surface area (Å²) in [6, 6.07) is 7.62. The van der Waals surface area contributed by atoms with Crippen molar-refractivity contribution in [3.05, 3.63) is 29.8 Å². The zero-order valence-electron chi connectivity index (χ0n) is 15.2. The summed E-state index contributed by atoms with van der Waals surface area (Å²) >= 11 is 0. The summed E-state index contributed by atoms with van der Waals surface area (Å²) in [7, 11) is 1.99. The maximum Gasteiger partial charge on any atom is 0.253 e. The fourth-order valence-electron chi connectivity index (χ4n) is 3.62. The lowest BCUT2D eigenvalue weighted by Crippen LogP contribution is -2.38. The number of likely N-dealkylation sites (tertiary alicyclic amines) is 1. The maximum absolute atomic E-state index is 12.7. The molecular weight excluding hydrogens is 316 g/mol. The van der Waals surface area contributed by atoms with Gasteiger partial charge in [-0.15, -0.1) is 0 Å². The number of nitrogens with one attached hydrogen (secondary N) is 1. The van der Waals surface area contributed by atoms with Crippen LogP contribution in [-0.4, -0.2) is 56.8 Å². The van der Waals surface area contributed by atoms with Crippen LogP contribution in [0.15, 0.2) is 24.3 Å². The first-order chi connectivity index (χ1) is 12.3. The molecule has 5 heteroatoms. The van der Waals surface area contributed by atoms with Crippen molar-refractivity contribution in [1.82, 2.24) is 10.2 Å². The van der Waals surface area contributed by atoms with Crippen molar-refractivity contribution in [2.24, 2.45) is 5.92 Å². The number of carbonyl (C=O) groups is 1. The number of benzene rings is 1. The van der Waals surface area contributed by atoms with Crippen molar-refractivity contribution in [2.45, 2.75) is 38.2 Å². The number of nitrogens with zero attached hydrogens (tertiary/aromatic N) is 1. The third kappa shape index (κ3) is 5.19. The van der Waals surface area contributed by atoms with Crippen LogP contribution in [0.2, 0.25) is 0 Å². The number of ether oxygens (including phenoxy) is 2. The van der Waals surface area contributed by atoms with Crippen molar-refractivity contribution >= 4 is 5.91 Å². The van der Waals surface area contributed by atoms with Gasteiger partial charge in [-0.1, -0.05) is 0 Å². The van der Waals surface area contributed by atoms with Gasteiger partial charge in [0.05, 0.1) is 13.2 Å². The largest absolute Gasteiger partial charge is 0.490 e. The van der Waals surface area contributed by atoms with Crippen LogP contribution in [0.1, 0.15) is 42.5 Å². The number of rotatable bonds is 6. The summed E-state index contributed by atoms with van der Waals surface area (Å²) < 4.78 is 11.3. The van der Waals surface area contributed by atoms with E-state index in [4.69, 9.17) is 9.47 Å². The molecule has 0 saturated carbocycles. The van der Waals surface area contributed by atoms with E-state index in [0.29, 0.717) is 0 Å². The van der Waals surface area contributed by atoms with E-state index < -0.39 is 0 Å². The minimum absolute atomic E-state index is 0.143. The molecule has 1 aromatic carbocycles. The zero-order valence-corrected chi connectivity index (χ0v) is 15.2. The zero-order chi connectivity index (χ0) is 17.5. The van der Waals surface area contributed by atoms with E-state index in [9.17, 15) is 4.79 Å². The first-order valence-corrected chi connectivity index (χ1v) is 9.54. The molecule has 2 aliphatic heterocycles. The minimum Gasteiger partial charge on any atom is -0.490 e. The molecule has 2 fully saturated rings. The van der Waals surface area contributed by atoms with E-state index in [-0.39, 0.29) is 12.0 Å². The lowest BCUT2D eigenvalue weighted by atomic mass is 9.93. The summed E-state index contributed by atoms with van der Waals surface area (Å²) in [6.45, 7) is 4.34. The van der Waals surface area contributed by atoms with Gasteiger partial charge in [-0.2, -0.15) is 0 Å². The predicted octanol–water partition coefficient (Wildman–Crippen LogP) is 2.71. The van der Waals surface area contributed by atoms with Gasteiger partial charge in [0.15, 0.2) is 0 Å². The molecule has 0 spiro atoms. The summed E-state index contributed by atoms with van der Waals surface area (Å²) in [5.74, 6) is 1.73. The highest BCUT2D eigenvalue weighted by Crippen LogP contribution is 2.23. The van der Waals surface area contributed by atoms with Crippen molar-refractivity contribution in [3.8, 4) is 5.75 Å². The average Bonchev–Trinajstić information content (AvgIpc) is 2.68. The smallest absolute Gasteiger partial charge is 0.253 e. The molecule has 138 valence electrons. The van der Waals surface area contributed by atoms with E-state index in [2.05, 4.69) is 5.32 Å². The van der Waals surface area contributed by atoms with Crippen LogP contribution in [0, 0.1) is 5.92 Å². The molecule has 0 unspecified atom stereocenters. The number of hydrogen-bond acceptors (Lipinski definition) is 4. The van der Waals surface area contributed by atoms with Crippen molar-refractivity contribution < 1.29 is 14.3 Å². The van der Waals surface area contributed by atoms with Gasteiger partial charge in [-0.25, -0.2) is 0 Å². The summed E-state index contributed by atoms with van der Waals surface area (Å²) in [4.78, 5) is 14.7. The highest BCUT2D eigenvalue weighted by atomic mass is 16.5. The average molecular weight is 346 g/mol. The third-order valence-electron chi connectivity index (χ3n) is 5.28. The fourth-order valence-corrected chi connectivity index (χ4v) is 3.62. The molecule has 2 saturated heterocycles. The molecule has 3 rings (SSSR count). The Labute approximate surface area is 150 Å². The monoisotopic (exact) mass is 346 g/mol. The second-order valence-electron chi connectivity index (χ2n) is 7.08. The van der Waals surface area contributed by atoms with Gasteiger partial charge in [0, 0.05) is 31.5 Å². The van der Waals surface area contributed by atoms with Crippen molar-refractivity contribution in [2.75, 3.05) is 39.9 Å². The van der Waals surface area contributed by atoms with Gasteiger partial charge < -0.3 is 19.7 Å². The Morgan fingerprint density at radius 3 is 2.48 bits per heavy atom. The highest BCUT2D eigenvalue weighted by Gasteiger charge is 2.23. The van der Waals surface area contributed by atoms with Crippen molar-refractivity contribution in [3.63, 3.8) is 0 Å². The Balaban J connectivity index is 1.49. The van der Waals surface area contributed by atoms with E-state index >= 15 is 0 Å². The minimum atomic E-state index is 0.143. The standard InChI is InChI=1S/C20H30N2O3/c1-21-11-6-16-7-12-22(13-8-16)20(23)17-2-4-18(5-3-17)25-19-9-14-24-15-10-19/h2-5,16,19,21H,6-15H2,1H3. The molecule has 5 nitrogen and oxygen atoms in total. The van der Waals surface area contributed by atoms with Gasteiger partial charge in [0.25, 0.3) is 5.91 Å². The Morgan fingerprint density at radius 2 is 1.84 bits per heavy atom. The molecule has 0 aliphatic carbocycles. The number of piperidine rings is 1. The number of amides is 1. The molecule has 25 heavy (non-hydrogen) atoms. The molecule has 2 aliphatic rings. The van der Waals surface area contributed by atoms with E-state index in [1.165, 1.54) is 6.42 Å². The van der Waals surface area contributed by atoms with Crippen LogP contribution in [0.5, 0.6) is 5.75 Å². The highest BCUT2D eigenvalue weighted by molar-refractivity contribution is 5.94. The Hall–Kier alpha value is -1.59. The normalized spacial score (nSPS) is 19.8. The van der Waals surface area contributed by atoms with Gasteiger partial charge in [0.2, 0.25) is 0 Å². The fraction of sp³-hybridized carbons (Fsp3) is 0.650. The Kier molecular flexibility index (Phi) is 6.70. The van der Waals surface area contributed by atoms with Gasteiger partial charge in [0.1, 0.15) is 11.9 Å². The molecule has 2 heterocycles. The topological polar surface area (TPSA) is 50.8 Å². The van der Waals surface area contributed by atoms with Gasteiger partial charge in [-0.3, -0.25) is 4.79 Å². The first-order valence-electron chi connectivity index (χ1n) is 9.54. The number of hydrogen-bond donors (Lipinski definition) is 1. The van der Waals surface area contributed by atoms with Crippen LogP contribution in [0.4, 0.5) is 0 Å². The summed E-state index contributed by atoms with van der Waals surface area (Å²) in [5.41, 5.74) is 0.757. The third-order valence-corrected chi connectivity index (χ3v) is 5.28. The van der Waals surface area contributed by atoms with E-state index in [1.54, 1.807) is 0 Å². The van der Waals surface area contributed by atoms with Gasteiger partial charge in [-0.05, 0) is 63.0 Å². The van der Waals surface area contributed by atoms with E-state index in [0.717, 1.165) is 75.8 Å². The molecule has 0 aromatic heterocycles. The van der Waals surface area contributed by atoms with Crippen LogP contribution in [0.25, 0.3) is 0 Å². The molecular formula is C20H30N2O3. The molecule has 1 aromatic rings. The maximum atomic E-state index is 12.7. The lowest BCUT2D eigenvalue weighted by Gasteiger charge is -2.32. The molecule has 0 atom stereocenters. The lowest BCUT2D eigenvalue weighted by molar-refractivity contribution is 0.0256. The van der Waals surface area contributed by atoms with Gasteiger partial charge >= 0.3 is 0 Å².